The molecule has 0 radical (unpaired) electrons. The lowest BCUT2D eigenvalue weighted by Crippen LogP contribution is -2.25. The maximum Gasteiger partial charge on any atom is 0.345 e. The van der Waals surface area contributed by atoms with Crippen LogP contribution >= 0.6 is 27.3 Å². The van der Waals surface area contributed by atoms with Gasteiger partial charge in [-0.25, -0.2) is 17.9 Å². The summed E-state index contributed by atoms with van der Waals surface area (Å²) in [5.74, 6) is -1.61. The Morgan fingerprint density at radius 3 is 2.55 bits per heavy atom. The number of unbranched alkanes of at least 4 members (excludes halogenated alkanes) is 1. The molecule has 0 bridgehead atoms. The molecule has 1 aromatic rings. The number of nitrogens with one attached hydrogen (secondary N) is 1. The molecular weight excluding hydrogens is 372 g/mol. The van der Waals surface area contributed by atoms with Crippen LogP contribution in [0.5, 0.6) is 0 Å². The first-order chi connectivity index (χ1) is 9.24. The molecule has 0 saturated heterocycles. The number of hydrogen-bond donors (Lipinski definition) is 3. The number of carboxylic acid groups (broad SMARTS) is 1. The zero-order chi connectivity index (χ0) is 15.3. The predicted octanol–water partition coefficient (Wildman–Crippen LogP) is 1.14. The third kappa shape index (κ3) is 4.85. The quantitative estimate of drug-likeness (QED) is 0.579. The summed E-state index contributed by atoms with van der Waals surface area (Å²) in [5.41, 5.74) is 4.96. The molecule has 20 heavy (non-hydrogen) atoms. The Morgan fingerprint density at radius 2 is 2.05 bits per heavy atom. The molecule has 10 heteroatoms. The fourth-order valence-electron chi connectivity index (χ4n) is 1.35. The molecule has 0 aliphatic heterocycles. The van der Waals surface area contributed by atoms with Gasteiger partial charge in [-0.3, -0.25) is 4.79 Å². The molecule has 0 aliphatic carbocycles. The van der Waals surface area contributed by atoms with Crippen LogP contribution in [0.3, 0.4) is 0 Å². The third-order valence-electron chi connectivity index (χ3n) is 2.30. The standard InChI is InChI=1S/C10H13BrN2O5S2/c11-9-7(5-6(19-9)10(15)16)20(17,18)13-4-2-1-3-8(12)14/h5,13H,1-4H2,(H2,12,14)(H,15,16). The number of primary amides is 1. The van der Waals surface area contributed by atoms with Crippen LogP contribution in [0.15, 0.2) is 14.7 Å². The second-order valence-electron chi connectivity index (χ2n) is 3.87. The molecule has 0 atom stereocenters. The van der Waals surface area contributed by atoms with E-state index in [-0.39, 0.29) is 26.5 Å². The molecule has 0 unspecified atom stereocenters. The lowest BCUT2D eigenvalue weighted by Gasteiger charge is -2.05. The molecule has 1 rings (SSSR count). The molecule has 4 N–H and O–H groups in total. The van der Waals surface area contributed by atoms with Crippen LogP contribution in [0, 0.1) is 0 Å². The summed E-state index contributed by atoms with van der Waals surface area (Å²) in [5, 5.41) is 8.82. The maximum absolute atomic E-state index is 12.0. The Hall–Kier alpha value is -0.970. The second-order valence-corrected chi connectivity index (χ2v) is 7.98. The topological polar surface area (TPSA) is 127 Å². The highest BCUT2D eigenvalue weighted by Gasteiger charge is 2.22. The van der Waals surface area contributed by atoms with Crippen LogP contribution in [0.25, 0.3) is 0 Å². The first-order valence-electron chi connectivity index (χ1n) is 5.54. The maximum atomic E-state index is 12.0. The lowest BCUT2D eigenvalue weighted by atomic mass is 10.2. The van der Waals surface area contributed by atoms with E-state index in [0.29, 0.717) is 12.8 Å². The normalized spacial score (nSPS) is 11.4. The van der Waals surface area contributed by atoms with Gasteiger partial charge in [-0.15, -0.1) is 11.3 Å². The minimum Gasteiger partial charge on any atom is -0.477 e. The first-order valence-corrected chi connectivity index (χ1v) is 8.64. The first kappa shape index (κ1) is 17.1. The number of hydrogen-bond acceptors (Lipinski definition) is 5. The minimum absolute atomic E-state index is 0.0639. The van der Waals surface area contributed by atoms with Crippen molar-refractivity contribution in [3.8, 4) is 0 Å². The SMILES string of the molecule is NC(=O)CCCCNS(=O)(=O)c1cc(C(=O)O)sc1Br. The average Bonchev–Trinajstić information content (AvgIpc) is 2.71. The fourth-order valence-corrected chi connectivity index (χ4v) is 4.82. The Bertz CT molecular complexity index is 611. The Labute approximate surface area is 128 Å². The fraction of sp³-hybridized carbons (Fsp3) is 0.400. The van der Waals surface area contributed by atoms with Crippen molar-refractivity contribution in [3.05, 3.63) is 14.7 Å². The summed E-state index contributed by atoms with van der Waals surface area (Å²) in [7, 11) is -3.77. The Morgan fingerprint density at radius 1 is 1.40 bits per heavy atom. The molecular formula is C10H13BrN2O5S2. The van der Waals surface area contributed by atoms with Crippen LogP contribution in [0.2, 0.25) is 0 Å². The molecule has 0 fully saturated rings. The van der Waals surface area contributed by atoms with Crippen molar-refractivity contribution in [2.75, 3.05) is 6.54 Å². The molecule has 112 valence electrons. The molecule has 0 aliphatic rings. The van der Waals surface area contributed by atoms with Crippen molar-refractivity contribution in [2.45, 2.75) is 24.2 Å². The van der Waals surface area contributed by atoms with Crippen LogP contribution in [-0.4, -0.2) is 31.9 Å². The van der Waals surface area contributed by atoms with Gasteiger partial charge in [-0.2, -0.15) is 0 Å². The predicted molar refractivity (Wildman–Crippen MR) is 77.2 cm³/mol. The van der Waals surface area contributed by atoms with E-state index in [4.69, 9.17) is 10.8 Å². The number of sulfonamides is 1. The number of aromatic carboxylic acids is 1. The van der Waals surface area contributed by atoms with Crippen molar-refractivity contribution in [1.82, 2.24) is 4.72 Å². The zero-order valence-electron chi connectivity index (χ0n) is 10.3. The number of amides is 1. The minimum atomic E-state index is -3.77. The van der Waals surface area contributed by atoms with Gasteiger partial charge in [0.1, 0.15) is 9.77 Å². The van der Waals surface area contributed by atoms with Crippen LogP contribution in [0.4, 0.5) is 0 Å². The largest absolute Gasteiger partial charge is 0.477 e. The van der Waals surface area contributed by atoms with E-state index in [1.807, 2.05) is 0 Å². The number of carbonyl (C=O) groups excluding carboxylic acids is 1. The van der Waals surface area contributed by atoms with E-state index in [2.05, 4.69) is 20.7 Å². The number of rotatable bonds is 8. The van der Waals surface area contributed by atoms with Gasteiger partial charge in [0, 0.05) is 13.0 Å². The highest BCUT2D eigenvalue weighted by Crippen LogP contribution is 2.31. The Balaban J connectivity index is 2.65. The summed E-state index contributed by atoms with van der Waals surface area (Å²) in [6, 6.07) is 1.10. The molecule has 1 heterocycles. The van der Waals surface area contributed by atoms with Crippen LogP contribution in [0.1, 0.15) is 28.9 Å². The van der Waals surface area contributed by atoms with Gasteiger partial charge >= 0.3 is 5.97 Å². The number of carbonyl (C=O) groups is 2. The van der Waals surface area contributed by atoms with Crippen molar-refractivity contribution in [1.29, 1.82) is 0 Å². The lowest BCUT2D eigenvalue weighted by molar-refractivity contribution is -0.118. The number of nitrogens with two attached hydrogens (primary N) is 1. The molecule has 0 aromatic carbocycles. The molecule has 0 spiro atoms. The van der Waals surface area contributed by atoms with E-state index in [1.165, 1.54) is 0 Å². The van der Waals surface area contributed by atoms with Crippen molar-refractivity contribution in [2.24, 2.45) is 5.73 Å². The molecule has 0 saturated carbocycles. The number of halogens is 1. The van der Waals surface area contributed by atoms with Gasteiger partial charge in [0.15, 0.2) is 0 Å². The van der Waals surface area contributed by atoms with E-state index < -0.39 is 21.9 Å². The average molecular weight is 385 g/mol. The van der Waals surface area contributed by atoms with Gasteiger partial charge in [0.2, 0.25) is 15.9 Å². The van der Waals surface area contributed by atoms with Crippen molar-refractivity contribution < 1.29 is 23.1 Å². The van der Waals surface area contributed by atoms with E-state index in [9.17, 15) is 18.0 Å². The summed E-state index contributed by atoms with van der Waals surface area (Å²) in [6.45, 7) is 0.153. The smallest absolute Gasteiger partial charge is 0.345 e. The second kappa shape index (κ2) is 7.16. The van der Waals surface area contributed by atoms with Crippen molar-refractivity contribution >= 4 is 49.2 Å². The van der Waals surface area contributed by atoms with Gasteiger partial charge in [-0.1, -0.05) is 0 Å². The van der Waals surface area contributed by atoms with Gasteiger partial charge < -0.3 is 10.8 Å². The number of carboxylic acids is 1. The summed E-state index contributed by atoms with van der Waals surface area (Å²) >= 11 is 3.87. The van der Waals surface area contributed by atoms with Crippen LogP contribution in [-0.2, 0) is 14.8 Å². The zero-order valence-corrected chi connectivity index (χ0v) is 13.5. The highest BCUT2D eigenvalue weighted by molar-refractivity contribution is 9.11. The van der Waals surface area contributed by atoms with Gasteiger partial charge in [-0.05, 0) is 34.8 Å². The summed E-state index contributed by atoms with van der Waals surface area (Å²) in [4.78, 5) is 21.1. The Kier molecular flexibility index (Phi) is 6.11. The van der Waals surface area contributed by atoms with Crippen LogP contribution < -0.4 is 10.5 Å². The highest BCUT2D eigenvalue weighted by atomic mass is 79.9. The van der Waals surface area contributed by atoms with E-state index >= 15 is 0 Å². The summed E-state index contributed by atoms with van der Waals surface area (Å²) < 4.78 is 26.5. The molecule has 1 amide bonds. The molecule has 7 nitrogen and oxygen atoms in total. The molecule has 1 aromatic heterocycles. The van der Waals surface area contributed by atoms with E-state index in [1.54, 1.807) is 0 Å². The monoisotopic (exact) mass is 384 g/mol. The van der Waals surface area contributed by atoms with Gasteiger partial charge in [0.25, 0.3) is 0 Å². The van der Waals surface area contributed by atoms with Gasteiger partial charge in [0.05, 0.1) is 3.79 Å². The summed E-state index contributed by atoms with van der Waals surface area (Å²) in [6.07, 6.45) is 1.16. The van der Waals surface area contributed by atoms with E-state index in [0.717, 1.165) is 17.4 Å². The van der Waals surface area contributed by atoms with Crippen molar-refractivity contribution in [3.63, 3.8) is 0 Å². The third-order valence-corrected chi connectivity index (χ3v) is 6.00. The number of thiophene rings is 1.